The molecule has 92 valence electrons. The molecule has 0 saturated heterocycles. The molecule has 2 heterocycles. The summed E-state index contributed by atoms with van der Waals surface area (Å²) >= 11 is 0. The zero-order chi connectivity index (χ0) is 12.5. The van der Waals surface area contributed by atoms with Gasteiger partial charge in [-0.25, -0.2) is 4.52 Å². The summed E-state index contributed by atoms with van der Waals surface area (Å²) in [7, 11) is -0.428. The number of rotatable bonds is 4. The Balaban J connectivity index is 2.20. The standard InChI is InChI=1S/C10H14N4O2S/c1-13(2)17(15,16)12-8-9-7-11-14-6-4-3-5-10(9)14/h3-7,12H,8H2,1-2H3. The average molecular weight is 254 g/mol. The Bertz CT molecular complexity index is 618. The Kier molecular flexibility index (Phi) is 3.14. The smallest absolute Gasteiger partial charge is 0.241 e. The van der Waals surface area contributed by atoms with E-state index >= 15 is 0 Å². The zero-order valence-corrected chi connectivity index (χ0v) is 10.5. The molecule has 0 saturated carbocycles. The molecule has 1 N–H and O–H groups in total. The van der Waals surface area contributed by atoms with Gasteiger partial charge >= 0.3 is 0 Å². The first-order chi connectivity index (χ1) is 8.00. The van der Waals surface area contributed by atoms with Gasteiger partial charge in [0.25, 0.3) is 10.2 Å². The van der Waals surface area contributed by atoms with Gasteiger partial charge in [-0.1, -0.05) is 6.07 Å². The van der Waals surface area contributed by atoms with Gasteiger partial charge in [0.15, 0.2) is 0 Å². The normalized spacial score (nSPS) is 12.4. The molecule has 0 unspecified atom stereocenters. The molecule has 0 spiro atoms. The van der Waals surface area contributed by atoms with E-state index in [-0.39, 0.29) is 6.54 Å². The van der Waals surface area contributed by atoms with Crippen LogP contribution in [0.25, 0.3) is 5.52 Å². The van der Waals surface area contributed by atoms with Gasteiger partial charge in [-0.05, 0) is 12.1 Å². The Morgan fingerprint density at radius 2 is 2.18 bits per heavy atom. The van der Waals surface area contributed by atoms with Crippen molar-refractivity contribution >= 4 is 15.7 Å². The number of pyridine rings is 1. The van der Waals surface area contributed by atoms with Crippen LogP contribution < -0.4 is 4.72 Å². The minimum atomic E-state index is -3.40. The van der Waals surface area contributed by atoms with E-state index in [1.165, 1.54) is 14.1 Å². The lowest BCUT2D eigenvalue weighted by molar-refractivity contribution is 0.505. The molecular formula is C10H14N4O2S. The third kappa shape index (κ3) is 2.46. The zero-order valence-electron chi connectivity index (χ0n) is 9.66. The highest BCUT2D eigenvalue weighted by Gasteiger charge is 2.13. The maximum absolute atomic E-state index is 11.5. The summed E-state index contributed by atoms with van der Waals surface area (Å²) in [5.74, 6) is 0. The summed E-state index contributed by atoms with van der Waals surface area (Å²) in [6, 6.07) is 5.65. The molecule has 0 bridgehead atoms. The van der Waals surface area contributed by atoms with E-state index in [0.717, 1.165) is 15.4 Å². The maximum atomic E-state index is 11.5. The van der Waals surface area contributed by atoms with Gasteiger partial charge in [0, 0.05) is 32.4 Å². The van der Waals surface area contributed by atoms with Crippen LogP contribution in [0.15, 0.2) is 30.6 Å². The van der Waals surface area contributed by atoms with Crippen LogP contribution >= 0.6 is 0 Å². The fourth-order valence-electron chi connectivity index (χ4n) is 1.42. The van der Waals surface area contributed by atoms with Crippen molar-refractivity contribution < 1.29 is 8.42 Å². The predicted molar refractivity (Wildman–Crippen MR) is 64.6 cm³/mol. The lowest BCUT2D eigenvalue weighted by atomic mass is 10.3. The van der Waals surface area contributed by atoms with Gasteiger partial charge < -0.3 is 0 Å². The van der Waals surface area contributed by atoms with Crippen molar-refractivity contribution in [1.82, 2.24) is 18.6 Å². The number of nitrogens with one attached hydrogen (secondary N) is 1. The highest BCUT2D eigenvalue weighted by Crippen LogP contribution is 2.09. The molecule has 0 radical (unpaired) electrons. The van der Waals surface area contributed by atoms with Crippen molar-refractivity contribution in [3.05, 3.63) is 36.2 Å². The van der Waals surface area contributed by atoms with Crippen LogP contribution in [0.5, 0.6) is 0 Å². The number of nitrogens with zero attached hydrogens (tertiary/aromatic N) is 3. The predicted octanol–water partition coefficient (Wildman–Crippen LogP) is 0.230. The quantitative estimate of drug-likeness (QED) is 0.849. The van der Waals surface area contributed by atoms with Crippen LogP contribution in [0.3, 0.4) is 0 Å². The Labute approximate surface area is 100 Å². The fraction of sp³-hybridized carbons (Fsp3) is 0.300. The molecule has 0 amide bonds. The molecule has 0 aromatic carbocycles. The van der Waals surface area contributed by atoms with Gasteiger partial charge in [-0.3, -0.25) is 0 Å². The van der Waals surface area contributed by atoms with Gasteiger partial charge in [-0.15, -0.1) is 0 Å². The first-order valence-corrected chi connectivity index (χ1v) is 6.53. The molecule has 2 rings (SSSR count). The van der Waals surface area contributed by atoms with Crippen LogP contribution in [-0.4, -0.2) is 36.4 Å². The third-order valence-corrected chi connectivity index (χ3v) is 3.90. The van der Waals surface area contributed by atoms with Crippen LogP contribution in [0.2, 0.25) is 0 Å². The molecule has 0 aliphatic heterocycles. The Morgan fingerprint density at radius 3 is 2.88 bits per heavy atom. The second-order valence-electron chi connectivity index (χ2n) is 3.81. The van der Waals surface area contributed by atoms with Crippen LogP contribution in [0.4, 0.5) is 0 Å². The third-order valence-electron chi connectivity index (χ3n) is 2.43. The van der Waals surface area contributed by atoms with E-state index in [4.69, 9.17) is 0 Å². The molecule has 6 nitrogen and oxygen atoms in total. The molecule has 0 aliphatic rings. The Hall–Kier alpha value is -1.44. The second-order valence-corrected chi connectivity index (χ2v) is 5.78. The van der Waals surface area contributed by atoms with Gasteiger partial charge in [0.2, 0.25) is 0 Å². The lowest BCUT2D eigenvalue weighted by Gasteiger charge is -2.11. The summed E-state index contributed by atoms with van der Waals surface area (Å²) < 4.78 is 28.4. The van der Waals surface area contributed by atoms with E-state index < -0.39 is 10.2 Å². The molecule has 0 fully saturated rings. The second kappa shape index (κ2) is 4.44. The minimum Gasteiger partial charge on any atom is -0.241 e. The van der Waals surface area contributed by atoms with E-state index in [0.29, 0.717) is 0 Å². The lowest BCUT2D eigenvalue weighted by Crippen LogP contribution is -2.35. The van der Waals surface area contributed by atoms with E-state index in [2.05, 4.69) is 9.82 Å². The first-order valence-electron chi connectivity index (χ1n) is 5.09. The highest BCUT2D eigenvalue weighted by molar-refractivity contribution is 7.87. The molecule has 17 heavy (non-hydrogen) atoms. The minimum absolute atomic E-state index is 0.230. The molecule has 2 aromatic heterocycles. The van der Waals surface area contributed by atoms with Gasteiger partial charge in [-0.2, -0.15) is 22.5 Å². The van der Waals surface area contributed by atoms with Gasteiger partial charge in [0.05, 0.1) is 11.7 Å². The van der Waals surface area contributed by atoms with E-state index in [1.54, 1.807) is 10.7 Å². The summed E-state index contributed by atoms with van der Waals surface area (Å²) in [6.45, 7) is 0.230. The SMILES string of the molecule is CN(C)S(=O)(=O)NCc1cnn2ccccc12. The van der Waals surface area contributed by atoms with Crippen LogP contribution in [0, 0.1) is 0 Å². The van der Waals surface area contributed by atoms with Gasteiger partial charge in [0.1, 0.15) is 0 Å². The first kappa shape index (κ1) is 12.0. The topological polar surface area (TPSA) is 66.7 Å². The van der Waals surface area contributed by atoms with Crippen molar-refractivity contribution in [3.8, 4) is 0 Å². The summed E-state index contributed by atoms with van der Waals surface area (Å²) in [4.78, 5) is 0. The highest BCUT2D eigenvalue weighted by atomic mass is 32.2. The van der Waals surface area contributed by atoms with Crippen molar-refractivity contribution in [3.63, 3.8) is 0 Å². The number of fused-ring (bicyclic) bond motifs is 1. The van der Waals surface area contributed by atoms with Crippen LogP contribution in [-0.2, 0) is 16.8 Å². The molecule has 0 atom stereocenters. The molecular weight excluding hydrogens is 240 g/mol. The number of hydrogen-bond donors (Lipinski definition) is 1. The van der Waals surface area contributed by atoms with E-state index in [1.807, 2.05) is 24.4 Å². The largest absolute Gasteiger partial charge is 0.279 e. The van der Waals surface area contributed by atoms with Crippen LogP contribution in [0.1, 0.15) is 5.56 Å². The molecule has 7 heteroatoms. The number of aromatic nitrogens is 2. The average Bonchev–Trinajstić information content (AvgIpc) is 2.69. The van der Waals surface area contributed by atoms with E-state index in [9.17, 15) is 8.42 Å². The Morgan fingerprint density at radius 1 is 1.41 bits per heavy atom. The van der Waals surface area contributed by atoms with Crippen molar-refractivity contribution in [2.45, 2.75) is 6.54 Å². The van der Waals surface area contributed by atoms with Crippen molar-refractivity contribution in [1.29, 1.82) is 0 Å². The summed E-state index contributed by atoms with van der Waals surface area (Å²) in [5, 5.41) is 4.13. The monoisotopic (exact) mass is 254 g/mol. The summed E-state index contributed by atoms with van der Waals surface area (Å²) in [5.41, 5.74) is 1.74. The van der Waals surface area contributed by atoms with Crippen molar-refractivity contribution in [2.24, 2.45) is 0 Å². The fourth-order valence-corrected chi connectivity index (χ4v) is 2.02. The maximum Gasteiger partial charge on any atom is 0.279 e. The van der Waals surface area contributed by atoms with Crippen molar-refractivity contribution in [2.75, 3.05) is 14.1 Å². The molecule has 0 aliphatic carbocycles. The number of hydrogen-bond acceptors (Lipinski definition) is 3. The molecule has 2 aromatic rings. The summed E-state index contributed by atoms with van der Waals surface area (Å²) in [6.07, 6.45) is 3.48.